The quantitative estimate of drug-likeness (QED) is 0.861. The lowest BCUT2D eigenvalue weighted by atomic mass is 9.97. The Morgan fingerprint density at radius 2 is 1.90 bits per heavy atom. The standard InChI is InChI=1S/C14H18N2O5/c1-9(17)16-6-4-10(5-7-16)8-15-13(18)11-2-3-12(21-11)14(19)20/h2-3,10H,4-8H2,1H3,(H,15,18)(H,19,20). The normalized spacial score (nSPS) is 15.8. The molecule has 0 saturated carbocycles. The van der Waals surface area contributed by atoms with E-state index in [1.54, 1.807) is 11.8 Å². The minimum absolute atomic E-state index is 0.00595. The molecule has 2 N–H and O–H groups in total. The molecular weight excluding hydrogens is 276 g/mol. The van der Waals surface area contributed by atoms with Crippen molar-refractivity contribution in [2.75, 3.05) is 19.6 Å². The second kappa shape index (κ2) is 6.43. The van der Waals surface area contributed by atoms with E-state index in [1.807, 2.05) is 0 Å². The monoisotopic (exact) mass is 294 g/mol. The minimum atomic E-state index is -1.20. The molecule has 0 atom stereocenters. The summed E-state index contributed by atoms with van der Waals surface area (Å²) in [6, 6.07) is 2.60. The van der Waals surface area contributed by atoms with Crippen LogP contribution in [0.1, 0.15) is 40.9 Å². The summed E-state index contributed by atoms with van der Waals surface area (Å²) in [5.41, 5.74) is 0. The summed E-state index contributed by atoms with van der Waals surface area (Å²) in [7, 11) is 0. The van der Waals surface area contributed by atoms with Gasteiger partial charge in [-0.05, 0) is 30.9 Å². The summed E-state index contributed by atoms with van der Waals surface area (Å²) in [6.45, 7) is 3.46. The number of carboxylic acid groups (broad SMARTS) is 1. The fourth-order valence-corrected chi connectivity index (χ4v) is 2.35. The van der Waals surface area contributed by atoms with Crippen molar-refractivity contribution in [3.05, 3.63) is 23.7 Å². The summed E-state index contributed by atoms with van der Waals surface area (Å²) in [6.07, 6.45) is 1.69. The Balaban J connectivity index is 1.79. The molecule has 0 aromatic carbocycles. The summed E-state index contributed by atoms with van der Waals surface area (Å²) in [5, 5.41) is 11.5. The molecule has 2 rings (SSSR count). The number of piperidine rings is 1. The van der Waals surface area contributed by atoms with Gasteiger partial charge in [0, 0.05) is 26.6 Å². The highest BCUT2D eigenvalue weighted by Crippen LogP contribution is 2.16. The number of nitrogens with one attached hydrogen (secondary N) is 1. The van der Waals surface area contributed by atoms with Crippen LogP contribution in [-0.2, 0) is 4.79 Å². The largest absolute Gasteiger partial charge is 0.475 e. The number of carbonyl (C=O) groups is 3. The maximum absolute atomic E-state index is 11.8. The van der Waals surface area contributed by atoms with Gasteiger partial charge in [0.05, 0.1) is 0 Å². The lowest BCUT2D eigenvalue weighted by Crippen LogP contribution is -2.40. The lowest BCUT2D eigenvalue weighted by Gasteiger charge is -2.31. The van der Waals surface area contributed by atoms with Crippen molar-refractivity contribution < 1.29 is 23.9 Å². The Hall–Kier alpha value is -2.31. The van der Waals surface area contributed by atoms with E-state index in [0.29, 0.717) is 25.6 Å². The third-order valence-corrected chi connectivity index (χ3v) is 3.65. The van der Waals surface area contributed by atoms with Gasteiger partial charge in [-0.25, -0.2) is 4.79 Å². The number of hydrogen-bond donors (Lipinski definition) is 2. The van der Waals surface area contributed by atoms with E-state index in [9.17, 15) is 14.4 Å². The Labute approximate surface area is 121 Å². The molecule has 7 heteroatoms. The van der Waals surface area contributed by atoms with Gasteiger partial charge >= 0.3 is 5.97 Å². The van der Waals surface area contributed by atoms with Gasteiger partial charge < -0.3 is 19.7 Å². The van der Waals surface area contributed by atoms with Gasteiger partial charge in [0.15, 0.2) is 5.76 Å². The number of likely N-dealkylation sites (tertiary alicyclic amines) is 1. The SMILES string of the molecule is CC(=O)N1CCC(CNC(=O)c2ccc(C(=O)O)o2)CC1. The number of amides is 2. The Kier molecular flexibility index (Phi) is 4.62. The van der Waals surface area contributed by atoms with Gasteiger partial charge in [0.1, 0.15) is 0 Å². The van der Waals surface area contributed by atoms with Crippen LogP contribution in [0.4, 0.5) is 0 Å². The van der Waals surface area contributed by atoms with Crippen LogP contribution in [0, 0.1) is 5.92 Å². The molecule has 1 aromatic heterocycles. The molecule has 1 aliphatic heterocycles. The van der Waals surface area contributed by atoms with E-state index < -0.39 is 11.9 Å². The first kappa shape index (κ1) is 15.1. The number of carboxylic acids is 1. The van der Waals surface area contributed by atoms with Gasteiger partial charge in [-0.3, -0.25) is 9.59 Å². The summed E-state index contributed by atoms with van der Waals surface area (Å²) >= 11 is 0. The molecule has 0 unspecified atom stereocenters. The average molecular weight is 294 g/mol. The molecule has 114 valence electrons. The number of furan rings is 1. The number of rotatable bonds is 4. The van der Waals surface area contributed by atoms with Crippen molar-refractivity contribution in [1.29, 1.82) is 0 Å². The van der Waals surface area contributed by atoms with Crippen molar-refractivity contribution in [2.45, 2.75) is 19.8 Å². The van der Waals surface area contributed by atoms with Crippen LogP contribution in [-0.4, -0.2) is 47.4 Å². The van der Waals surface area contributed by atoms with E-state index in [0.717, 1.165) is 12.8 Å². The second-order valence-corrected chi connectivity index (χ2v) is 5.13. The molecule has 1 saturated heterocycles. The molecule has 2 heterocycles. The van der Waals surface area contributed by atoms with Crippen LogP contribution in [0.3, 0.4) is 0 Å². The van der Waals surface area contributed by atoms with Gasteiger partial charge in [-0.2, -0.15) is 0 Å². The zero-order valence-electron chi connectivity index (χ0n) is 11.8. The fraction of sp³-hybridized carbons (Fsp3) is 0.500. The van der Waals surface area contributed by atoms with Gasteiger partial charge in [0.2, 0.25) is 11.7 Å². The third kappa shape index (κ3) is 3.84. The second-order valence-electron chi connectivity index (χ2n) is 5.13. The molecule has 0 radical (unpaired) electrons. The highest BCUT2D eigenvalue weighted by atomic mass is 16.4. The van der Waals surface area contributed by atoms with Gasteiger partial charge in [-0.1, -0.05) is 0 Å². The number of carbonyl (C=O) groups excluding carboxylic acids is 2. The zero-order chi connectivity index (χ0) is 15.4. The van der Waals surface area contributed by atoms with E-state index in [1.165, 1.54) is 12.1 Å². The minimum Gasteiger partial charge on any atom is -0.475 e. The molecule has 0 bridgehead atoms. The van der Waals surface area contributed by atoms with Crippen LogP contribution in [0.15, 0.2) is 16.5 Å². The summed E-state index contributed by atoms with van der Waals surface area (Å²) in [4.78, 5) is 35.5. The predicted molar refractivity (Wildman–Crippen MR) is 73.0 cm³/mol. The van der Waals surface area contributed by atoms with Crippen molar-refractivity contribution in [3.8, 4) is 0 Å². The molecule has 1 aromatic rings. The predicted octanol–water partition coefficient (Wildman–Crippen LogP) is 0.966. The lowest BCUT2D eigenvalue weighted by molar-refractivity contribution is -0.130. The molecule has 0 spiro atoms. The maximum atomic E-state index is 11.8. The van der Waals surface area contributed by atoms with Crippen LogP contribution < -0.4 is 5.32 Å². The fourth-order valence-electron chi connectivity index (χ4n) is 2.35. The molecule has 2 amide bonds. The topological polar surface area (TPSA) is 99.9 Å². The average Bonchev–Trinajstić information content (AvgIpc) is 2.95. The van der Waals surface area contributed by atoms with Crippen LogP contribution in [0.2, 0.25) is 0 Å². The molecular formula is C14H18N2O5. The van der Waals surface area contributed by atoms with E-state index in [4.69, 9.17) is 9.52 Å². The first-order valence-corrected chi connectivity index (χ1v) is 6.84. The van der Waals surface area contributed by atoms with Crippen LogP contribution in [0.5, 0.6) is 0 Å². The highest BCUT2D eigenvalue weighted by Gasteiger charge is 2.22. The summed E-state index contributed by atoms with van der Waals surface area (Å²) < 4.78 is 4.93. The van der Waals surface area contributed by atoms with Gasteiger partial charge in [0.25, 0.3) is 5.91 Å². The number of nitrogens with zero attached hydrogens (tertiary/aromatic N) is 1. The van der Waals surface area contributed by atoms with Crippen molar-refractivity contribution in [3.63, 3.8) is 0 Å². The highest BCUT2D eigenvalue weighted by molar-refractivity contribution is 5.93. The first-order chi connectivity index (χ1) is 9.97. The van der Waals surface area contributed by atoms with E-state index in [2.05, 4.69) is 5.32 Å². The van der Waals surface area contributed by atoms with Crippen molar-refractivity contribution in [1.82, 2.24) is 10.2 Å². The Bertz CT molecular complexity index is 543. The van der Waals surface area contributed by atoms with Crippen molar-refractivity contribution in [2.24, 2.45) is 5.92 Å². The summed E-state index contributed by atoms with van der Waals surface area (Å²) in [5.74, 6) is -1.49. The zero-order valence-corrected chi connectivity index (χ0v) is 11.8. The third-order valence-electron chi connectivity index (χ3n) is 3.65. The van der Waals surface area contributed by atoms with Crippen LogP contribution >= 0.6 is 0 Å². The Morgan fingerprint density at radius 1 is 1.29 bits per heavy atom. The van der Waals surface area contributed by atoms with E-state index >= 15 is 0 Å². The van der Waals surface area contributed by atoms with E-state index in [-0.39, 0.29) is 17.4 Å². The molecule has 1 fully saturated rings. The first-order valence-electron chi connectivity index (χ1n) is 6.84. The van der Waals surface area contributed by atoms with Crippen molar-refractivity contribution >= 4 is 17.8 Å². The van der Waals surface area contributed by atoms with Gasteiger partial charge in [-0.15, -0.1) is 0 Å². The maximum Gasteiger partial charge on any atom is 0.371 e. The Morgan fingerprint density at radius 3 is 2.43 bits per heavy atom. The number of hydrogen-bond acceptors (Lipinski definition) is 4. The smallest absolute Gasteiger partial charge is 0.371 e. The molecule has 0 aliphatic carbocycles. The van der Waals surface area contributed by atoms with Crippen LogP contribution in [0.25, 0.3) is 0 Å². The molecule has 21 heavy (non-hydrogen) atoms. The molecule has 7 nitrogen and oxygen atoms in total. The molecule has 1 aliphatic rings. The number of aromatic carboxylic acids is 1.